The van der Waals surface area contributed by atoms with Crippen LogP contribution >= 0.6 is 0 Å². The molecule has 1 aromatic rings. The van der Waals surface area contributed by atoms with Crippen LogP contribution in [-0.4, -0.2) is 42.0 Å². The monoisotopic (exact) mass is 336 g/mol. The molecule has 3 unspecified atom stereocenters. The summed E-state index contributed by atoms with van der Waals surface area (Å²) in [6.45, 7) is 10.4. The van der Waals surface area contributed by atoms with Crippen LogP contribution in [0.2, 0.25) is 0 Å². The molecule has 0 heterocycles. The highest BCUT2D eigenvalue weighted by molar-refractivity contribution is 5.68. The van der Waals surface area contributed by atoms with Crippen molar-refractivity contribution >= 4 is 6.09 Å². The molecule has 3 N–H and O–H groups in total. The number of carbonyl (C=O) groups is 1. The third kappa shape index (κ3) is 7.79. The molecule has 0 fully saturated rings. The smallest absolute Gasteiger partial charge is 0.407 e. The lowest BCUT2D eigenvalue weighted by Gasteiger charge is -2.27. The van der Waals surface area contributed by atoms with Crippen molar-refractivity contribution in [2.75, 3.05) is 13.2 Å². The summed E-state index contributed by atoms with van der Waals surface area (Å²) in [7, 11) is 0. The topological polar surface area (TPSA) is 70.6 Å². The van der Waals surface area contributed by atoms with Crippen LogP contribution in [0.5, 0.6) is 0 Å². The van der Waals surface area contributed by atoms with E-state index in [1.807, 2.05) is 52.8 Å². The van der Waals surface area contributed by atoms with Crippen LogP contribution in [0.15, 0.2) is 30.3 Å². The Balaban J connectivity index is 2.50. The maximum atomic E-state index is 11.8. The highest BCUT2D eigenvalue weighted by Crippen LogP contribution is 2.18. The Bertz CT molecular complexity index is 485. The Morgan fingerprint density at radius 3 is 2.33 bits per heavy atom. The third-order valence-electron chi connectivity index (χ3n) is 3.93. The van der Waals surface area contributed by atoms with Crippen molar-refractivity contribution < 1.29 is 14.6 Å². The SMILES string of the molecule is CC(NCC(CCO)c1ccccc1)C(C)NC(=O)OC(C)(C)C. The zero-order valence-electron chi connectivity index (χ0n) is 15.5. The highest BCUT2D eigenvalue weighted by Gasteiger charge is 2.21. The van der Waals surface area contributed by atoms with Gasteiger partial charge in [0.05, 0.1) is 0 Å². The number of hydrogen-bond acceptors (Lipinski definition) is 4. The zero-order valence-corrected chi connectivity index (χ0v) is 15.5. The van der Waals surface area contributed by atoms with Gasteiger partial charge < -0.3 is 20.5 Å². The number of ether oxygens (including phenoxy) is 1. The van der Waals surface area contributed by atoms with Gasteiger partial charge in [0.2, 0.25) is 0 Å². The van der Waals surface area contributed by atoms with Crippen molar-refractivity contribution in [3.63, 3.8) is 0 Å². The lowest BCUT2D eigenvalue weighted by Crippen LogP contribution is -2.48. The summed E-state index contributed by atoms with van der Waals surface area (Å²) in [5.41, 5.74) is 0.707. The normalized spacial score (nSPS) is 15.4. The summed E-state index contributed by atoms with van der Waals surface area (Å²) in [6, 6.07) is 10.2. The first kappa shape index (κ1) is 20.5. The van der Waals surface area contributed by atoms with Crippen LogP contribution in [0.3, 0.4) is 0 Å². The summed E-state index contributed by atoms with van der Waals surface area (Å²) in [5, 5.41) is 15.6. The third-order valence-corrected chi connectivity index (χ3v) is 3.93. The number of nitrogens with one attached hydrogen (secondary N) is 2. The molecule has 0 radical (unpaired) electrons. The second-order valence-electron chi connectivity index (χ2n) is 7.25. The zero-order chi connectivity index (χ0) is 18.2. The Morgan fingerprint density at radius 2 is 1.79 bits per heavy atom. The molecule has 0 saturated carbocycles. The first-order valence-corrected chi connectivity index (χ1v) is 8.61. The van der Waals surface area contributed by atoms with E-state index in [4.69, 9.17) is 4.74 Å². The van der Waals surface area contributed by atoms with Gasteiger partial charge in [0.15, 0.2) is 0 Å². The molecule has 0 bridgehead atoms. The number of amides is 1. The van der Waals surface area contributed by atoms with E-state index in [-0.39, 0.29) is 24.6 Å². The molecule has 1 amide bonds. The maximum Gasteiger partial charge on any atom is 0.407 e. The number of aliphatic hydroxyl groups is 1. The fraction of sp³-hybridized carbons (Fsp3) is 0.632. The molecular formula is C19H32N2O3. The predicted octanol–water partition coefficient (Wildman–Crippen LogP) is 3.04. The quantitative estimate of drug-likeness (QED) is 0.682. The van der Waals surface area contributed by atoms with E-state index in [2.05, 4.69) is 22.8 Å². The average Bonchev–Trinajstić information content (AvgIpc) is 2.49. The lowest BCUT2D eigenvalue weighted by molar-refractivity contribution is 0.0499. The summed E-state index contributed by atoms with van der Waals surface area (Å²) in [6.07, 6.45) is 0.302. The van der Waals surface area contributed by atoms with Crippen molar-refractivity contribution in [1.82, 2.24) is 10.6 Å². The molecule has 5 nitrogen and oxygen atoms in total. The Morgan fingerprint density at radius 1 is 1.17 bits per heavy atom. The van der Waals surface area contributed by atoms with Crippen molar-refractivity contribution in [3.8, 4) is 0 Å². The van der Waals surface area contributed by atoms with E-state index in [9.17, 15) is 9.90 Å². The largest absolute Gasteiger partial charge is 0.444 e. The van der Waals surface area contributed by atoms with Gasteiger partial charge in [0.1, 0.15) is 5.60 Å². The minimum absolute atomic E-state index is 0.0644. The Labute approximate surface area is 145 Å². The summed E-state index contributed by atoms with van der Waals surface area (Å²) >= 11 is 0. The Hall–Kier alpha value is -1.59. The van der Waals surface area contributed by atoms with Gasteiger partial charge in [-0.1, -0.05) is 30.3 Å². The molecule has 3 atom stereocenters. The van der Waals surface area contributed by atoms with Gasteiger partial charge >= 0.3 is 6.09 Å². The molecule has 0 aliphatic rings. The fourth-order valence-electron chi connectivity index (χ4n) is 2.39. The first-order chi connectivity index (χ1) is 11.2. The van der Waals surface area contributed by atoms with Crippen molar-refractivity contribution in [2.45, 2.75) is 64.6 Å². The van der Waals surface area contributed by atoms with E-state index in [1.54, 1.807) is 0 Å². The highest BCUT2D eigenvalue weighted by atomic mass is 16.6. The van der Waals surface area contributed by atoms with Crippen LogP contribution < -0.4 is 10.6 Å². The number of hydrogen-bond donors (Lipinski definition) is 3. The molecule has 1 rings (SSSR count). The number of aliphatic hydroxyl groups excluding tert-OH is 1. The molecule has 0 spiro atoms. The van der Waals surface area contributed by atoms with Crippen molar-refractivity contribution in [2.24, 2.45) is 0 Å². The molecular weight excluding hydrogens is 304 g/mol. The minimum atomic E-state index is -0.500. The Kier molecular flexibility index (Phi) is 8.22. The van der Waals surface area contributed by atoms with Crippen LogP contribution in [-0.2, 0) is 4.74 Å². The van der Waals surface area contributed by atoms with Gasteiger partial charge in [-0.25, -0.2) is 4.79 Å². The van der Waals surface area contributed by atoms with Crippen molar-refractivity contribution in [1.29, 1.82) is 0 Å². The van der Waals surface area contributed by atoms with Gasteiger partial charge in [-0.3, -0.25) is 0 Å². The second-order valence-corrected chi connectivity index (χ2v) is 7.25. The molecule has 0 aromatic heterocycles. The van der Waals surface area contributed by atoms with E-state index >= 15 is 0 Å². The average molecular weight is 336 g/mol. The summed E-state index contributed by atoms with van der Waals surface area (Å²) in [4.78, 5) is 11.8. The standard InChI is InChI=1S/C19H32N2O3/c1-14(15(2)21-18(23)24-19(3,4)5)20-13-17(11-12-22)16-9-7-6-8-10-16/h6-10,14-15,17,20,22H,11-13H2,1-5H3,(H,21,23). The van der Waals surface area contributed by atoms with Crippen LogP contribution in [0.25, 0.3) is 0 Å². The second kappa shape index (κ2) is 9.64. The molecule has 1 aromatic carbocycles. The maximum absolute atomic E-state index is 11.8. The summed E-state index contributed by atoms with van der Waals surface area (Å²) < 4.78 is 5.28. The van der Waals surface area contributed by atoms with Crippen molar-refractivity contribution in [3.05, 3.63) is 35.9 Å². The number of carbonyl (C=O) groups excluding carboxylic acids is 1. The molecule has 136 valence electrons. The number of benzene rings is 1. The number of alkyl carbamates (subject to hydrolysis) is 1. The van der Waals surface area contributed by atoms with E-state index in [0.29, 0.717) is 6.42 Å². The molecule has 0 aliphatic carbocycles. The minimum Gasteiger partial charge on any atom is -0.444 e. The first-order valence-electron chi connectivity index (χ1n) is 8.61. The van der Waals surface area contributed by atoms with Gasteiger partial charge in [-0.05, 0) is 52.5 Å². The summed E-state index contributed by atoms with van der Waals surface area (Å²) in [5.74, 6) is 0.243. The van der Waals surface area contributed by atoms with Gasteiger partial charge in [-0.15, -0.1) is 0 Å². The molecule has 0 aliphatic heterocycles. The van der Waals surface area contributed by atoms with Crippen LogP contribution in [0.4, 0.5) is 4.79 Å². The van der Waals surface area contributed by atoms with E-state index in [1.165, 1.54) is 5.56 Å². The van der Waals surface area contributed by atoms with Gasteiger partial charge in [0.25, 0.3) is 0 Å². The molecule has 5 heteroatoms. The van der Waals surface area contributed by atoms with Crippen LogP contribution in [0, 0.1) is 0 Å². The van der Waals surface area contributed by atoms with Gasteiger partial charge in [0, 0.05) is 25.2 Å². The number of rotatable bonds is 8. The van der Waals surface area contributed by atoms with Gasteiger partial charge in [-0.2, -0.15) is 0 Å². The predicted molar refractivity (Wildman–Crippen MR) is 97.2 cm³/mol. The van der Waals surface area contributed by atoms with E-state index in [0.717, 1.165) is 6.54 Å². The van der Waals surface area contributed by atoms with E-state index < -0.39 is 11.7 Å². The fourth-order valence-corrected chi connectivity index (χ4v) is 2.39. The molecule has 0 saturated heterocycles. The molecule has 24 heavy (non-hydrogen) atoms. The van der Waals surface area contributed by atoms with Crippen LogP contribution in [0.1, 0.15) is 52.5 Å². The lowest BCUT2D eigenvalue weighted by atomic mass is 9.95.